The summed E-state index contributed by atoms with van der Waals surface area (Å²) in [5.74, 6) is 0.212. The van der Waals surface area contributed by atoms with E-state index >= 15 is 0 Å². The highest BCUT2D eigenvalue weighted by atomic mass is 35.5. The number of methoxy groups -OCH3 is 1. The van der Waals surface area contributed by atoms with Crippen LogP contribution in [0.3, 0.4) is 0 Å². The molecule has 0 saturated heterocycles. The number of thioether (sulfide) groups is 1. The maximum absolute atomic E-state index is 13.8. The number of anilines is 1. The van der Waals surface area contributed by atoms with Crippen molar-refractivity contribution in [2.45, 2.75) is 11.7 Å². The summed E-state index contributed by atoms with van der Waals surface area (Å²) in [7, 11) is 1.62. The molecule has 10 heteroatoms. The number of carbonyl (C=O) groups excluding carboxylic acids is 2. The lowest BCUT2D eigenvalue weighted by molar-refractivity contribution is -0.122. The first kappa shape index (κ1) is 28.2. The predicted octanol–water partition coefficient (Wildman–Crippen LogP) is 6.17. The van der Waals surface area contributed by atoms with Crippen molar-refractivity contribution in [3.05, 3.63) is 100 Å². The highest BCUT2D eigenvalue weighted by Crippen LogP contribution is 2.49. The Bertz CT molecular complexity index is 1510. The number of halogens is 2. The summed E-state index contributed by atoms with van der Waals surface area (Å²) in [6.07, 6.45) is 0.670. The minimum absolute atomic E-state index is 0.161. The van der Waals surface area contributed by atoms with Crippen LogP contribution in [0.15, 0.2) is 78.9 Å². The second-order valence-corrected chi connectivity index (χ2v) is 11.2. The van der Waals surface area contributed by atoms with Gasteiger partial charge < -0.3 is 10.1 Å². The molecule has 5 rings (SSSR count). The first-order valence-electron chi connectivity index (χ1n) is 12.8. The number of ether oxygens (including phenoxy) is 1. The van der Waals surface area contributed by atoms with Gasteiger partial charge in [-0.05, 0) is 36.2 Å². The van der Waals surface area contributed by atoms with Crippen LogP contribution in [0.25, 0.3) is 16.9 Å². The maximum atomic E-state index is 13.8. The Hall–Kier alpha value is -3.30. The molecule has 1 aromatic heterocycles. The predicted molar refractivity (Wildman–Crippen MR) is 162 cm³/mol. The van der Waals surface area contributed by atoms with Gasteiger partial charge in [-0.2, -0.15) is 5.10 Å². The zero-order valence-corrected chi connectivity index (χ0v) is 24.2. The van der Waals surface area contributed by atoms with Gasteiger partial charge in [0.2, 0.25) is 11.8 Å². The molecule has 0 bridgehead atoms. The zero-order valence-electron chi connectivity index (χ0n) is 21.8. The lowest BCUT2D eigenvalue weighted by Crippen LogP contribution is -2.42. The minimum atomic E-state index is -0.279. The third-order valence-corrected chi connectivity index (χ3v) is 8.33. The molecule has 0 unspecified atom stereocenters. The summed E-state index contributed by atoms with van der Waals surface area (Å²) in [5.41, 5.74) is 3.95. The average molecular weight is 596 g/mol. The summed E-state index contributed by atoms with van der Waals surface area (Å²) < 4.78 is 6.78. The van der Waals surface area contributed by atoms with Gasteiger partial charge in [-0.15, -0.1) is 11.8 Å². The average Bonchev–Trinajstić information content (AvgIpc) is 3.28. The van der Waals surface area contributed by atoms with Crippen LogP contribution in [0.2, 0.25) is 10.0 Å². The van der Waals surface area contributed by atoms with E-state index in [9.17, 15) is 9.59 Å². The molecule has 40 heavy (non-hydrogen) atoms. The van der Waals surface area contributed by atoms with E-state index in [1.165, 1.54) is 16.7 Å². The topological polar surface area (TPSA) is 76.5 Å². The van der Waals surface area contributed by atoms with Gasteiger partial charge in [-0.25, -0.2) is 4.68 Å². The number of nitrogens with one attached hydrogen (secondary N) is 1. The molecule has 1 N–H and O–H groups in total. The molecule has 3 aromatic carbocycles. The van der Waals surface area contributed by atoms with Gasteiger partial charge in [0.05, 0.1) is 27.4 Å². The SMILES string of the molecule is COCCCNC(=O)CN1C(=O)CS[C@H](c2cccc(Cl)c2)c2c(-c3ccccc3)nn(-c3ccccc3Cl)c21. The Balaban J connectivity index is 1.72. The summed E-state index contributed by atoms with van der Waals surface area (Å²) in [5, 5.41) is 8.75. The largest absolute Gasteiger partial charge is 0.385 e. The van der Waals surface area contributed by atoms with Gasteiger partial charge in [-0.1, -0.05) is 77.8 Å². The van der Waals surface area contributed by atoms with Crippen molar-refractivity contribution >= 4 is 52.6 Å². The van der Waals surface area contributed by atoms with Crippen molar-refractivity contribution < 1.29 is 14.3 Å². The number of rotatable bonds is 9. The molecule has 1 atom stereocenters. The fourth-order valence-electron chi connectivity index (χ4n) is 4.70. The second kappa shape index (κ2) is 12.9. The van der Waals surface area contributed by atoms with Crippen molar-refractivity contribution in [2.75, 3.05) is 37.5 Å². The Labute approximate surface area is 247 Å². The number of para-hydroxylation sites is 1. The van der Waals surface area contributed by atoms with Crippen LogP contribution in [0.4, 0.5) is 5.82 Å². The number of fused-ring (bicyclic) bond motifs is 1. The number of carbonyl (C=O) groups is 2. The van der Waals surface area contributed by atoms with Crippen LogP contribution in [0.1, 0.15) is 22.8 Å². The monoisotopic (exact) mass is 594 g/mol. The molecule has 0 radical (unpaired) electrons. The van der Waals surface area contributed by atoms with Crippen molar-refractivity contribution in [1.82, 2.24) is 15.1 Å². The lowest BCUT2D eigenvalue weighted by atomic mass is 9.99. The van der Waals surface area contributed by atoms with E-state index in [0.29, 0.717) is 46.8 Å². The van der Waals surface area contributed by atoms with Gasteiger partial charge in [0.25, 0.3) is 0 Å². The fraction of sp³-hybridized carbons (Fsp3) is 0.233. The molecule has 0 spiro atoms. The third-order valence-electron chi connectivity index (χ3n) is 6.52. The minimum Gasteiger partial charge on any atom is -0.385 e. The van der Waals surface area contributed by atoms with Crippen LogP contribution >= 0.6 is 35.0 Å². The molecule has 0 aliphatic carbocycles. The van der Waals surface area contributed by atoms with Crippen LogP contribution < -0.4 is 10.2 Å². The highest BCUT2D eigenvalue weighted by Gasteiger charge is 2.38. The van der Waals surface area contributed by atoms with Crippen molar-refractivity contribution in [3.63, 3.8) is 0 Å². The van der Waals surface area contributed by atoms with Crippen LogP contribution in [0.5, 0.6) is 0 Å². The summed E-state index contributed by atoms with van der Waals surface area (Å²) >= 11 is 14.6. The zero-order chi connectivity index (χ0) is 28.1. The van der Waals surface area contributed by atoms with Gasteiger partial charge >= 0.3 is 0 Å². The smallest absolute Gasteiger partial charge is 0.240 e. The number of benzene rings is 3. The van der Waals surface area contributed by atoms with Crippen LogP contribution in [0, 0.1) is 0 Å². The molecule has 2 heterocycles. The van der Waals surface area contributed by atoms with Crippen molar-refractivity contribution in [2.24, 2.45) is 0 Å². The standard InChI is InChI=1S/C30H28Cl2N4O3S/c1-39-16-8-15-33-25(37)18-35-26(38)19-40-29(21-11-7-12-22(31)17-21)27-28(20-9-3-2-4-10-20)34-36(30(27)35)24-14-6-5-13-23(24)32/h2-7,9-14,17,29H,8,15-16,18-19H2,1H3,(H,33,37)/t29-/m1/s1. The second-order valence-electron chi connectivity index (χ2n) is 9.24. The first-order valence-corrected chi connectivity index (χ1v) is 14.6. The van der Waals surface area contributed by atoms with Crippen LogP contribution in [-0.2, 0) is 14.3 Å². The first-order chi connectivity index (χ1) is 19.5. The number of hydrogen-bond acceptors (Lipinski definition) is 5. The van der Waals surface area contributed by atoms with E-state index in [-0.39, 0.29) is 29.4 Å². The number of nitrogens with zero attached hydrogens (tertiary/aromatic N) is 3. The van der Waals surface area contributed by atoms with Crippen LogP contribution in [-0.4, -0.2) is 54.2 Å². The van der Waals surface area contributed by atoms with E-state index in [4.69, 9.17) is 33.0 Å². The molecular weight excluding hydrogens is 567 g/mol. The molecule has 0 saturated carbocycles. The van der Waals surface area contributed by atoms with Gasteiger partial charge in [-0.3, -0.25) is 14.5 Å². The Morgan fingerprint density at radius 1 is 1.07 bits per heavy atom. The Morgan fingerprint density at radius 2 is 1.85 bits per heavy atom. The lowest BCUT2D eigenvalue weighted by Gasteiger charge is -2.23. The van der Waals surface area contributed by atoms with Gasteiger partial charge in [0.15, 0.2) is 0 Å². The summed E-state index contributed by atoms with van der Waals surface area (Å²) in [6.45, 7) is 0.817. The van der Waals surface area contributed by atoms with E-state index in [1.807, 2.05) is 72.8 Å². The van der Waals surface area contributed by atoms with Gasteiger partial charge in [0.1, 0.15) is 12.4 Å². The summed E-state index contributed by atoms with van der Waals surface area (Å²) in [6, 6.07) is 24.8. The van der Waals surface area contributed by atoms with E-state index in [0.717, 1.165) is 16.7 Å². The third kappa shape index (κ3) is 6.05. The maximum Gasteiger partial charge on any atom is 0.240 e. The molecule has 2 amide bonds. The van der Waals surface area contributed by atoms with Crippen molar-refractivity contribution in [3.8, 4) is 16.9 Å². The molecular formula is C30H28Cl2N4O3S. The molecule has 1 aliphatic rings. The Kier molecular flexibility index (Phi) is 9.11. The number of hydrogen-bond donors (Lipinski definition) is 1. The fourth-order valence-corrected chi connectivity index (χ4v) is 6.30. The quantitative estimate of drug-likeness (QED) is 0.235. The molecule has 0 fully saturated rings. The van der Waals surface area contributed by atoms with E-state index in [1.54, 1.807) is 17.9 Å². The number of amides is 2. The van der Waals surface area contributed by atoms with E-state index < -0.39 is 0 Å². The normalized spacial score (nSPS) is 15.0. The highest BCUT2D eigenvalue weighted by molar-refractivity contribution is 8.00. The molecule has 4 aromatic rings. The van der Waals surface area contributed by atoms with Crippen molar-refractivity contribution in [1.29, 1.82) is 0 Å². The summed E-state index contributed by atoms with van der Waals surface area (Å²) in [4.78, 5) is 28.4. The van der Waals surface area contributed by atoms with E-state index in [2.05, 4.69) is 5.32 Å². The van der Waals surface area contributed by atoms with Gasteiger partial charge in [0, 0.05) is 36.4 Å². The number of aromatic nitrogens is 2. The molecule has 7 nitrogen and oxygen atoms in total. The molecule has 206 valence electrons. The molecule has 1 aliphatic heterocycles. The Morgan fingerprint density at radius 3 is 2.60 bits per heavy atom.